The molecule has 0 spiro atoms. The van der Waals surface area contributed by atoms with Gasteiger partial charge in [-0.3, -0.25) is 4.79 Å². The molecule has 0 aromatic carbocycles. The summed E-state index contributed by atoms with van der Waals surface area (Å²) in [6.45, 7) is 2.27. The van der Waals surface area contributed by atoms with Gasteiger partial charge in [-0.15, -0.1) is 5.10 Å². The van der Waals surface area contributed by atoms with Crippen LogP contribution in [-0.4, -0.2) is 26.0 Å². The van der Waals surface area contributed by atoms with E-state index in [9.17, 15) is 4.79 Å². The standard InChI is InChI=1S/C7H10N4O/c1-5(12)7-8-9-10-11(7)4-6-2-3-6/h6H,2-4H2,1H3. The Morgan fingerprint density at radius 1 is 1.67 bits per heavy atom. The smallest absolute Gasteiger partial charge is 0.217 e. The van der Waals surface area contributed by atoms with Crippen LogP contribution in [-0.2, 0) is 6.54 Å². The second-order valence-electron chi connectivity index (χ2n) is 3.18. The molecule has 5 nitrogen and oxygen atoms in total. The lowest BCUT2D eigenvalue weighted by Crippen LogP contribution is -2.10. The maximum atomic E-state index is 11.0. The molecule has 12 heavy (non-hydrogen) atoms. The molecule has 0 unspecified atom stereocenters. The Balaban J connectivity index is 2.17. The second-order valence-corrected chi connectivity index (χ2v) is 3.18. The van der Waals surface area contributed by atoms with Gasteiger partial charge in [0, 0.05) is 13.5 Å². The first-order valence-electron chi connectivity index (χ1n) is 4.04. The summed E-state index contributed by atoms with van der Waals surface area (Å²) in [5.74, 6) is 0.995. The highest BCUT2D eigenvalue weighted by Crippen LogP contribution is 2.30. The fraction of sp³-hybridized carbons (Fsp3) is 0.714. The predicted octanol–water partition coefficient (Wildman–Crippen LogP) is 0.286. The van der Waals surface area contributed by atoms with Crippen LogP contribution >= 0.6 is 0 Å². The van der Waals surface area contributed by atoms with Crippen LogP contribution < -0.4 is 0 Å². The normalized spacial score (nSPS) is 16.4. The number of ketones is 1. The van der Waals surface area contributed by atoms with Crippen LogP contribution in [0.1, 0.15) is 30.4 Å². The van der Waals surface area contributed by atoms with E-state index in [4.69, 9.17) is 0 Å². The highest BCUT2D eigenvalue weighted by Gasteiger charge is 2.24. The van der Waals surface area contributed by atoms with E-state index >= 15 is 0 Å². The summed E-state index contributed by atoms with van der Waals surface area (Å²) in [6, 6.07) is 0. The van der Waals surface area contributed by atoms with Crippen LogP contribution in [0.3, 0.4) is 0 Å². The molecule has 1 heterocycles. The first-order chi connectivity index (χ1) is 5.77. The van der Waals surface area contributed by atoms with Gasteiger partial charge in [-0.2, -0.15) is 0 Å². The van der Waals surface area contributed by atoms with Gasteiger partial charge >= 0.3 is 0 Å². The third-order valence-corrected chi connectivity index (χ3v) is 1.97. The van der Waals surface area contributed by atoms with Gasteiger partial charge in [0.1, 0.15) is 0 Å². The van der Waals surface area contributed by atoms with Gasteiger partial charge < -0.3 is 0 Å². The molecule has 0 saturated heterocycles. The molecule has 0 aliphatic heterocycles. The van der Waals surface area contributed by atoms with Crippen molar-refractivity contribution in [3.8, 4) is 0 Å². The minimum Gasteiger partial charge on any atom is -0.291 e. The summed E-state index contributed by atoms with van der Waals surface area (Å²) in [5.41, 5.74) is 0. The van der Waals surface area contributed by atoms with Crippen LogP contribution in [0.5, 0.6) is 0 Å². The largest absolute Gasteiger partial charge is 0.291 e. The minimum atomic E-state index is -0.0688. The Morgan fingerprint density at radius 3 is 3.00 bits per heavy atom. The van der Waals surface area contributed by atoms with Crippen LogP contribution in [0.25, 0.3) is 0 Å². The van der Waals surface area contributed by atoms with Crippen molar-refractivity contribution in [1.82, 2.24) is 20.2 Å². The Bertz CT molecular complexity index is 302. The number of rotatable bonds is 3. The van der Waals surface area contributed by atoms with E-state index in [1.54, 1.807) is 4.68 Å². The topological polar surface area (TPSA) is 60.7 Å². The maximum Gasteiger partial charge on any atom is 0.217 e. The molecule has 1 aromatic heterocycles. The van der Waals surface area contributed by atoms with Gasteiger partial charge in [0.05, 0.1) is 0 Å². The Labute approximate surface area is 69.8 Å². The van der Waals surface area contributed by atoms with Gasteiger partial charge in [-0.25, -0.2) is 4.68 Å². The van der Waals surface area contributed by atoms with E-state index in [1.165, 1.54) is 19.8 Å². The van der Waals surface area contributed by atoms with Crippen molar-refractivity contribution in [2.24, 2.45) is 5.92 Å². The summed E-state index contributed by atoms with van der Waals surface area (Å²) in [6.07, 6.45) is 2.47. The van der Waals surface area contributed by atoms with Crippen LogP contribution in [0.15, 0.2) is 0 Å². The molecule has 0 radical (unpaired) electrons. The van der Waals surface area contributed by atoms with Gasteiger partial charge in [0.25, 0.3) is 0 Å². The molecular weight excluding hydrogens is 156 g/mol. The first-order valence-corrected chi connectivity index (χ1v) is 4.04. The molecular formula is C7H10N4O. The zero-order chi connectivity index (χ0) is 8.55. The number of carbonyl (C=O) groups is 1. The summed E-state index contributed by atoms with van der Waals surface area (Å²) in [4.78, 5) is 11.0. The van der Waals surface area contributed by atoms with E-state index in [0.717, 1.165) is 6.54 Å². The molecule has 1 saturated carbocycles. The molecule has 1 aromatic rings. The van der Waals surface area contributed by atoms with Gasteiger partial charge in [0.15, 0.2) is 5.78 Å². The van der Waals surface area contributed by atoms with E-state index < -0.39 is 0 Å². The summed E-state index contributed by atoms with van der Waals surface area (Å²) in [7, 11) is 0. The van der Waals surface area contributed by atoms with Crippen molar-refractivity contribution in [3.63, 3.8) is 0 Å². The van der Waals surface area contributed by atoms with Crippen LogP contribution in [0.2, 0.25) is 0 Å². The quantitative estimate of drug-likeness (QED) is 0.605. The zero-order valence-electron chi connectivity index (χ0n) is 6.90. The molecule has 1 aliphatic carbocycles. The van der Waals surface area contributed by atoms with Crippen molar-refractivity contribution in [3.05, 3.63) is 5.82 Å². The number of carbonyl (C=O) groups excluding carboxylic acids is 1. The molecule has 0 bridgehead atoms. The van der Waals surface area contributed by atoms with Crippen molar-refractivity contribution in [2.75, 3.05) is 0 Å². The van der Waals surface area contributed by atoms with Crippen LogP contribution in [0.4, 0.5) is 0 Å². The average Bonchev–Trinajstić information content (AvgIpc) is 2.66. The molecule has 64 valence electrons. The number of Topliss-reactive ketones (excluding diaryl/α,β-unsaturated/α-hetero) is 1. The van der Waals surface area contributed by atoms with E-state index in [0.29, 0.717) is 11.7 Å². The first kappa shape index (κ1) is 7.39. The van der Waals surface area contributed by atoms with Crippen molar-refractivity contribution < 1.29 is 4.79 Å². The van der Waals surface area contributed by atoms with E-state index in [2.05, 4.69) is 15.5 Å². The number of hydrogen-bond acceptors (Lipinski definition) is 4. The Kier molecular flexibility index (Phi) is 1.64. The molecule has 0 amide bonds. The Hall–Kier alpha value is -1.26. The number of hydrogen-bond donors (Lipinski definition) is 0. The minimum absolute atomic E-state index is 0.0688. The Morgan fingerprint density at radius 2 is 2.42 bits per heavy atom. The van der Waals surface area contributed by atoms with Crippen molar-refractivity contribution in [2.45, 2.75) is 26.3 Å². The molecule has 2 rings (SSSR count). The highest BCUT2D eigenvalue weighted by molar-refractivity contribution is 5.90. The van der Waals surface area contributed by atoms with Crippen molar-refractivity contribution in [1.29, 1.82) is 0 Å². The predicted molar refractivity (Wildman–Crippen MR) is 40.5 cm³/mol. The summed E-state index contributed by atoms with van der Waals surface area (Å²) >= 11 is 0. The molecule has 0 atom stereocenters. The van der Waals surface area contributed by atoms with E-state index in [1.807, 2.05) is 0 Å². The maximum absolute atomic E-state index is 11.0. The van der Waals surface area contributed by atoms with Gasteiger partial charge in [-0.05, 0) is 29.2 Å². The van der Waals surface area contributed by atoms with E-state index in [-0.39, 0.29) is 5.78 Å². The molecule has 1 fully saturated rings. The molecule has 5 heteroatoms. The molecule has 1 aliphatic rings. The summed E-state index contributed by atoms with van der Waals surface area (Å²) in [5, 5.41) is 10.9. The van der Waals surface area contributed by atoms with Gasteiger partial charge in [-0.1, -0.05) is 0 Å². The highest BCUT2D eigenvalue weighted by atomic mass is 16.1. The molecule has 0 N–H and O–H groups in total. The lowest BCUT2D eigenvalue weighted by Gasteiger charge is -1.98. The van der Waals surface area contributed by atoms with Crippen LogP contribution in [0, 0.1) is 5.92 Å². The average molecular weight is 166 g/mol. The number of tetrazole rings is 1. The fourth-order valence-electron chi connectivity index (χ4n) is 1.12. The fourth-order valence-corrected chi connectivity index (χ4v) is 1.12. The third-order valence-electron chi connectivity index (χ3n) is 1.97. The third kappa shape index (κ3) is 1.34. The summed E-state index contributed by atoms with van der Waals surface area (Å²) < 4.78 is 1.60. The van der Waals surface area contributed by atoms with Gasteiger partial charge in [0.2, 0.25) is 5.82 Å². The SMILES string of the molecule is CC(=O)c1nnnn1CC1CC1. The lowest BCUT2D eigenvalue weighted by atomic mass is 10.4. The zero-order valence-corrected chi connectivity index (χ0v) is 6.90. The number of nitrogens with zero attached hydrogens (tertiary/aromatic N) is 4. The monoisotopic (exact) mass is 166 g/mol. The number of aromatic nitrogens is 4. The van der Waals surface area contributed by atoms with Crippen molar-refractivity contribution >= 4 is 5.78 Å². The lowest BCUT2D eigenvalue weighted by molar-refractivity contribution is 0.0997. The second kappa shape index (κ2) is 2.66.